The van der Waals surface area contributed by atoms with Gasteiger partial charge in [-0.25, -0.2) is 4.39 Å². The van der Waals surface area contributed by atoms with Crippen molar-refractivity contribution >= 4 is 28.6 Å². The maximum absolute atomic E-state index is 13.7. The fraction of sp³-hybridized carbons (Fsp3) is 0.148. The standard InChI is InChI=1S/C27H23FN4OS/c1-3-18-8-7-11-22(16-18)32-17(2)23(24(29-27(32)34)19-12-14-21(28)15-13-19)26-30-25(31-33-26)20-9-5-4-6-10-20/h4-16,24H,3H2,1-2H3,(H,29,34). The SMILES string of the molecule is CCc1cccc(N2C(=S)NC(c3ccc(F)cc3)C(c3nc(-c4ccccc4)no3)=C2C)c1. The molecular weight excluding hydrogens is 447 g/mol. The minimum absolute atomic E-state index is 0.299. The van der Waals surface area contributed by atoms with E-state index in [-0.39, 0.29) is 11.9 Å². The van der Waals surface area contributed by atoms with E-state index in [2.05, 4.69) is 29.5 Å². The Balaban J connectivity index is 1.66. The Morgan fingerprint density at radius 2 is 1.79 bits per heavy atom. The fourth-order valence-electron chi connectivity index (χ4n) is 4.19. The van der Waals surface area contributed by atoms with Crippen LogP contribution in [0, 0.1) is 5.82 Å². The van der Waals surface area contributed by atoms with E-state index < -0.39 is 0 Å². The number of allylic oxidation sites excluding steroid dienone is 1. The Hall–Kier alpha value is -3.84. The molecule has 0 aliphatic carbocycles. The number of hydrogen-bond donors (Lipinski definition) is 1. The van der Waals surface area contributed by atoms with Crippen molar-refractivity contribution < 1.29 is 8.91 Å². The number of aryl methyl sites for hydroxylation is 1. The number of nitrogens with one attached hydrogen (secondary N) is 1. The smallest absolute Gasteiger partial charge is 0.258 e. The van der Waals surface area contributed by atoms with Gasteiger partial charge in [-0.05, 0) is 61.0 Å². The average Bonchev–Trinajstić information content (AvgIpc) is 3.35. The highest BCUT2D eigenvalue weighted by Crippen LogP contribution is 2.39. The zero-order valence-corrected chi connectivity index (χ0v) is 19.6. The second-order valence-electron chi connectivity index (χ2n) is 8.08. The average molecular weight is 471 g/mol. The normalized spacial score (nSPS) is 16.0. The predicted octanol–water partition coefficient (Wildman–Crippen LogP) is 6.31. The molecule has 1 aliphatic heterocycles. The van der Waals surface area contributed by atoms with Crippen LogP contribution in [0.5, 0.6) is 0 Å². The lowest BCUT2D eigenvalue weighted by Crippen LogP contribution is -2.46. The fourth-order valence-corrected chi connectivity index (χ4v) is 4.55. The van der Waals surface area contributed by atoms with Crippen LogP contribution in [-0.4, -0.2) is 15.3 Å². The van der Waals surface area contributed by atoms with Gasteiger partial charge in [0.1, 0.15) is 5.82 Å². The van der Waals surface area contributed by atoms with Crippen molar-refractivity contribution in [2.24, 2.45) is 0 Å². The molecule has 1 atom stereocenters. The van der Waals surface area contributed by atoms with E-state index in [1.807, 2.05) is 54.3 Å². The first-order valence-electron chi connectivity index (χ1n) is 11.1. The lowest BCUT2D eigenvalue weighted by Gasteiger charge is -2.37. The molecule has 34 heavy (non-hydrogen) atoms. The van der Waals surface area contributed by atoms with Crippen LogP contribution in [0.3, 0.4) is 0 Å². The van der Waals surface area contributed by atoms with Crippen LogP contribution in [-0.2, 0) is 6.42 Å². The summed E-state index contributed by atoms with van der Waals surface area (Å²) >= 11 is 5.79. The van der Waals surface area contributed by atoms with E-state index in [0.717, 1.165) is 34.5 Å². The van der Waals surface area contributed by atoms with E-state index >= 15 is 0 Å². The zero-order chi connectivity index (χ0) is 23.7. The molecule has 2 heterocycles. The van der Waals surface area contributed by atoms with Gasteiger partial charge in [0.2, 0.25) is 5.82 Å². The van der Waals surface area contributed by atoms with E-state index in [4.69, 9.17) is 21.7 Å². The molecule has 1 N–H and O–H groups in total. The number of benzene rings is 3. The van der Waals surface area contributed by atoms with Gasteiger partial charge in [-0.1, -0.05) is 66.7 Å². The van der Waals surface area contributed by atoms with Crippen molar-refractivity contribution in [1.29, 1.82) is 0 Å². The quantitative estimate of drug-likeness (QED) is 0.345. The van der Waals surface area contributed by atoms with Gasteiger partial charge in [0.25, 0.3) is 5.89 Å². The minimum atomic E-state index is -0.372. The van der Waals surface area contributed by atoms with E-state index in [1.54, 1.807) is 12.1 Å². The summed E-state index contributed by atoms with van der Waals surface area (Å²) in [4.78, 5) is 6.70. The first-order valence-corrected chi connectivity index (χ1v) is 11.5. The summed E-state index contributed by atoms with van der Waals surface area (Å²) in [6.07, 6.45) is 0.916. The second-order valence-corrected chi connectivity index (χ2v) is 8.47. The number of aromatic nitrogens is 2. The van der Waals surface area contributed by atoms with Crippen molar-refractivity contribution in [3.63, 3.8) is 0 Å². The first-order chi connectivity index (χ1) is 16.5. The minimum Gasteiger partial charge on any atom is -0.351 e. The summed E-state index contributed by atoms with van der Waals surface area (Å²) in [6.45, 7) is 4.11. The highest BCUT2D eigenvalue weighted by molar-refractivity contribution is 7.80. The number of hydrogen-bond acceptors (Lipinski definition) is 4. The van der Waals surface area contributed by atoms with Gasteiger partial charge in [0.05, 0.1) is 11.6 Å². The zero-order valence-electron chi connectivity index (χ0n) is 18.8. The molecular formula is C27H23FN4OS. The highest BCUT2D eigenvalue weighted by Gasteiger charge is 2.34. The Kier molecular flexibility index (Phi) is 5.94. The molecule has 0 bridgehead atoms. The molecule has 0 radical (unpaired) electrons. The molecule has 1 unspecified atom stereocenters. The van der Waals surface area contributed by atoms with Gasteiger partial charge in [-0.3, -0.25) is 4.90 Å². The maximum Gasteiger partial charge on any atom is 0.258 e. The predicted molar refractivity (Wildman–Crippen MR) is 136 cm³/mol. The Morgan fingerprint density at radius 1 is 1.03 bits per heavy atom. The van der Waals surface area contributed by atoms with Crippen LogP contribution >= 0.6 is 12.2 Å². The molecule has 5 rings (SSSR count). The van der Waals surface area contributed by atoms with Gasteiger partial charge in [-0.2, -0.15) is 4.98 Å². The molecule has 170 valence electrons. The second kappa shape index (κ2) is 9.19. The van der Waals surface area contributed by atoms with Gasteiger partial charge >= 0.3 is 0 Å². The summed E-state index contributed by atoms with van der Waals surface area (Å²) in [5.41, 5.74) is 5.53. The summed E-state index contributed by atoms with van der Waals surface area (Å²) in [6, 6.07) is 23.9. The summed E-state index contributed by atoms with van der Waals surface area (Å²) in [7, 11) is 0. The van der Waals surface area contributed by atoms with Crippen LogP contribution in [0.4, 0.5) is 10.1 Å². The Morgan fingerprint density at radius 3 is 2.53 bits per heavy atom. The number of halogens is 1. The topological polar surface area (TPSA) is 54.2 Å². The monoisotopic (exact) mass is 470 g/mol. The molecule has 7 heteroatoms. The van der Waals surface area contributed by atoms with Crippen molar-refractivity contribution in [3.8, 4) is 11.4 Å². The molecule has 0 fully saturated rings. The van der Waals surface area contributed by atoms with Crippen LogP contribution in [0.1, 0.15) is 36.9 Å². The van der Waals surface area contributed by atoms with Crippen molar-refractivity contribution in [3.05, 3.63) is 107 Å². The Labute approximate surface area is 202 Å². The van der Waals surface area contributed by atoms with Crippen molar-refractivity contribution in [2.45, 2.75) is 26.3 Å². The van der Waals surface area contributed by atoms with Gasteiger partial charge in [-0.15, -0.1) is 0 Å². The lowest BCUT2D eigenvalue weighted by atomic mass is 9.94. The van der Waals surface area contributed by atoms with Crippen LogP contribution in [0.2, 0.25) is 0 Å². The molecule has 4 aromatic rings. The third-order valence-corrected chi connectivity index (χ3v) is 6.25. The molecule has 0 saturated carbocycles. The number of rotatable bonds is 5. The highest BCUT2D eigenvalue weighted by atomic mass is 32.1. The summed E-state index contributed by atoms with van der Waals surface area (Å²) in [5.74, 6) is 0.588. The van der Waals surface area contributed by atoms with Gasteiger partial charge in [0, 0.05) is 16.9 Å². The number of thiocarbonyl (C=S) groups is 1. The van der Waals surface area contributed by atoms with E-state index in [9.17, 15) is 4.39 Å². The molecule has 0 amide bonds. The first kappa shape index (κ1) is 22.0. The molecule has 0 saturated heterocycles. The van der Waals surface area contributed by atoms with Crippen LogP contribution < -0.4 is 10.2 Å². The van der Waals surface area contributed by atoms with Crippen molar-refractivity contribution in [2.75, 3.05) is 4.90 Å². The lowest BCUT2D eigenvalue weighted by molar-refractivity contribution is 0.404. The third-order valence-electron chi connectivity index (χ3n) is 5.95. The molecule has 1 aliphatic rings. The number of nitrogens with zero attached hydrogens (tertiary/aromatic N) is 3. The molecule has 1 aromatic heterocycles. The van der Waals surface area contributed by atoms with Gasteiger partial charge in [0.15, 0.2) is 5.11 Å². The van der Waals surface area contributed by atoms with E-state index in [0.29, 0.717) is 16.8 Å². The third kappa shape index (κ3) is 4.10. The summed E-state index contributed by atoms with van der Waals surface area (Å²) < 4.78 is 19.4. The summed E-state index contributed by atoms with van der Waals surface area (Å²) in [5, 5.41) is 8.19. The Bertz CT molecular complexity index is 1360. The maximum atomic E-state index is 13.7. The largest absolute Gasteiger partial charge is 0.351 e. The van der Waals surface area contributed by atoms with E-state index in [1.165, 1.54) is 17.7 Å². The molecule has 3 aromatic carbocycles. The number of anilines is 1. The van der Waals surface area contributed by atoms with Crippen LogP contribution in [0.25, 0.3) is 17.0 Å². The van der Waals surface area contributed by atoms with Crippen molar-refractivity contribution in [1.82, 2.24) is 15.5 Å². The molecule has 5 nitrogen and oxygen atoms in total. The molecule has 0 spiro atoms. The van der Waals surface area contributed by atoms with Crippen LogP contribution in [0.15, 0.2) is 89.1 Å². The van der Waals surface area contributed by atoms with Gasteiger partial charge < -0.3 is 9.84 Å².